The smallest absolute Gasteiger partial charge is 0.266 e. The van der Waals surface area contributed by atoms with Gasteiger partial charge in [-0.05, 0) is 57.8 Å². The molecular formula is C20H28N4O3. The number of likely N-dealkylation sites (N-methyl/N-ethyl adjacent to an activating group) is 1. The minimum absolute atomic E-state index is 0.00688. The van der Waals surface area contributed by atoms with E-state index >= 15 is 0 Å². The van der Waals surface area contributed by atoms with Crippen molar-refractivity contribution in [1.82, 2.24) is 20.0 Å². The zero-order valence-electron chi connectivity index (χ0n) is 16.3. The van der Waals surface area contributed by atoms with E-state index < -0.39 is 0 Å². The Balaban J connectivity index is 1.93. The molecule has 0 spiro atoms. The molecule has 1 amide bonds. The maximum Gasteiger partial charge on any atom is 0.266 e. The number of aryl methyl sites for hydroxylation is 1. The van der Waals surface area contributed by atoms with Crippen LogP contribution in [0.15, 0.2) is 41.2 Å². The van der Waals surface area contributed by atoms with Gasteiger partial charge in [-0.15, -0.1) is 0 Å². The Morgan fingerprint density at radius 2 is 1.93 bits per heavy atom. The number of nitrogens with one attached hydrogen (secondary N) is 1. The predicted octanol–water partition coefficient (Wildman–Crippen LogP) is 1.77. The monoisotopic (exact) mass is 372 g/mol. The standard InChI is InChI=1S/C20H28N4O3/c1-4-27-17-9-7-16(8-10-17)18-11-12-20(26)24(22-18)14-5-6-19(25)21-13-15-23(2)3/h7-12H,4-6,13-15H2,1-3H3,(H,21,25). The van der Waals surface area contributed by atoms with Gasteiger partial charge in [-0.1, -0.05) is 0 Å². The Hall–Kier alpha value is -2.67. The van der Waals surface area contributed by atoms with E-state index in [1.54, 1.807) is 6.07 Å². The van der Waals surface area contributed by atoms with Gasteiger partial charge in [0.25, 0.3) is 5.56 Å². The minimum atomic E-state index is -0.169. The fourth-order valence-electron chi connectivity index (χ4n) is 2.55. The molecule has 7 heteroatoms. The van der Waals surface area contributed by atoms with Gasteiger partial charge in [0, 0.05) is 37.7 Å². The van der Waals surface area contributed by atoms with Crippen LogP contribution >= 0.6 is 0 Å². The lowest BCUT2D eigenvalue weighted by molar-refractivity contribution is -0.121. The Bertz CT molecular complexity index is 785. The molecule has 0 unspecified atom stereocenters. The average Bonchev–Trinajstić information content (AvgIpc) is 2.64. The number of aromatic nitrogens is 2. The molecule has 1 heterocycles. The second kappa shape index (κ2) is 10.5. The molecule has 0 saturated heterocycles. The van der Waals surface area contributed by atoms with Crippen LogP contribution in [0.25, 0.3) is 11.3 Å². The highest BCUT2D eigenvalue weighted by atomic mass is 16.5. The summed E-state index contributed by atoms with van der Waals surface area (Å²) >= 11 is 0. The van der Waals surface area contributed by atoms with Gasteiger partial charge >= 0.3 is 0 Å². The highest BCUT2D eigenvalue weighted by molar-refractivity contribution is 5.75. The number of carbonyl (C=O) groups excluding carboxylic acids is 1. The number of rotatable bonds is 10. The molecule has 27 heavy (non-hydrogen) atoms. The first-order valence-electron chi connectivity index (χ1n) is 9.22. The molecule has 1 N–H and O–H groups in total. The van der Waals surface area contributed by atoms with Crippen molar-refractivity contribution >= 4 is 5.91 Å². The largest absolute Gasteiger partial charge is 0.494 e. The van der Waals surface area contributed by atoms with Crippen molar-refractivity contribution in [2.45, 2.75) is 26.3 Å². The van der Waals surface area contributed by atoms with Crippen LogP contribution in [0.3, 0.4) is 0 Å². The van der Waals surface area contributed by atoms with E-state index in [0.717, 1.165) is 17.9 Å². The Labute approximate surface area is 160 Å². The minimum Gasteiger partial charge on any atom is -0.494 e. The summed E-state index contributed by atoms with van der Waals surface area (Å²) in [5.74, 6) is 0.794. The van der Waals surface area contributed by atoms with Crippen molar-refractivity contribution in [2.24, 2.45) is 0 Å². The van der Waals surface area contributed by atoms with Gasteiger partial charge < -0.3 is 15.0 Å². The third-order valence-corrected chi connectivity index (χ3v) is 3.98. The lowest BCUT2D eigenvalue weighted by Gasteiger charge is -2.11. The molecule has 1 aromatic heterocycles. The molecule has 0 aliphatic carbocycles. The Kier molecular flexibility index (Phi) is 8.00. The molecule has 1 aromatic carbocycles. The Morgan fingerprint density at radius 3 is 2.59 bits per heavy atom. The van der Waals surface area contributed by atoms with Crippen LogP contribution in [0.1, 0.15) is 19.8 Å². The quantitative estimate of drug-likeness (QED) is 0.688. The van der Waals surface area contributed by atoms with E-state index in [9.17, 15) is 9.59 Å². The Morgan fingerprint density at radius 1 is 1.19 bits per heavy atom. The van der Waals surface area contributed by atoms with E-state index in [4.69, 9.17) is 4.74 Å². The molecule has 2 aromatic rings. The van der Waals surface area contributed by atoms with E-state index in [2.05, 4.69) is 10.4 Å². The van der Waals surface area contributed by atoms with E-state index in [-0.39, 0.29) is 11.5 Å². The summed E-state index contributed by atoms with van der Waals surface area (Å²) in [6, 6.07) is 10.8. The first-order valence-corrected chi connectivity index (χ1v) is 9.22. The summed E-state index contributed by atoms with van der Waals surface area (Å²) in [4.78, 5) is 25.9. The topological polar surface area (TPSA) is 76.5 Å². The molecule has 0 aliphatic rings. The molecule has 0 aliphatic heterocycles. The molecule has 2 rings (SSSR count). The number of benzene rings is 1. The van der Waals surface area contributed by atoms with Crippen molar-refractivity contribution in [3.8, 4) is 17.0 Å². The van der Waals surface area contributed by atoms with Crippen molar-refractivity contribution in [3.05, 3.63) is 46.8 Å². The molecule has 0 saturated carbocycles. The van der Waals surface area contributed by atoms with Crippen molar-refractivity contribution in [1.29, 1.82) is 0 Å². The van der Waals surface area contributed by atoms with Crippen LogP contribution < -0.4 is 15.6 Å². The molecule has 0 radical (unpaired) electrons. The first-order chi connectivity index (χ1) is 13.0. The number of carbonyl (C=O) groups is 1. The van der Waals surface area contributed by atoms with Crippen LogP contribution in [0.4, 0.5) is 0 Å². The van der Waals surface area contributed by atoms with E-state index in [1.165, 1.54) is 10.7 Å². The van der Waals surface area contributed by atoms with Gasteiger partial charge in [-0.2, -0.15) is 5.10 Å². The number of ether oxygens (including phenoxy) is 1. The summed E-state index contributed by atoms with van der Waals surface area (Å²) in [7, 11) is 3.92. The summed E-state index contributed by atoms with van der Waals surface area (Å²) in [6.45, 7) is 4.39. The zero-order chi connectivity index (χ0) is 19.6. The summed E-state index contributed by atoms with van der Waals surface area (Å²) in [6.07, 6.45) is 0.933. The molecular weight excluding hydrogens is 344 g/mol. The molecule has 0 bridgehead atoms. The van der Waals surface area contributed by atoms with Gasteiger partial charge in [-0.3, -0.25) is 9.59 Å². The van der Waals surface area contributed by atoms with Crippen LogP contribution in [-0.2, 0) is 11.3 Å². The summed E-state index contributed by atoms with van der Waals surface area (Å²) in [5.41, 5.74) is 1.46. The number of amides is 1. The molecule has 7 nitrogen and oxygen atoms in total. The third kappa shape index (κ3) is 6.86. The second-order valence-corrected chi connectivity index (χ2v) is 6.49. The van der Waals surface area contributed by atoms with E-state index in [1.807, 2.05) is 50.2 Å². The van der Waals surface area contributed by atoms with Crippen molar-refractivity contribution in [3.63, 3.8) is 0 Å². The van der Waals surface area contributed by atoms with Gasteiger partial charge in [0.2, 0.25) is 5.91 Å². The van der Waals surface area contributed by atoms with Gasteiger partial charge in [-0.25, -0.2) is 4.68 Å². The number of hydrogen-bond donors (Lipinski definition) is 1. The van der Waals surface area contributed by atoms with Crippen LogP contribution in [0.2, 0.25) is 0 Å². The highest BCUT2D eigenvalue weighted by Crippen LogP contribution is 2.19. The SMILES string of the molecule is CCOc1ccc(-c2ccc(=O)n(CCCC(=O)NCCN(C)C)n2)cc1. The normalized spacial score (nSPS) is 10.8. The maximum absolute atomic E-state index is 12.0. The fraction of sp³-hybridized carbons (Fsp3) is 0.450. The maximum atomic E-state index is 12.0. The van der Waals surface area contributed by atoms with Crippen LogP contribution in [-0.4, -0.2) is 54.4 Å². The number of hydrogen-bond acceptors (Lipinski definition) is 5. The molecule has 146 valence electrons. The zero-order valence-corrected chi connectivity index (χ0v) is 16.3. The molecule has 0 fully saturated rings. The first kappa shape index (κ1) is 20.6. The van der Waals surface area contributed by atoms with Gasteiger partial charge in [0.05, 0.1) is 12.3 Å². The summed E-state index contributed by atoms with van der Waals surface area (Å²) < 4.78 is 6.86. The van der Waals surface area contributed by atoms with Crippen molar-refractivity contribution in [2.75, 3.05) is 33.8 Å². The van der Waals surface area contributed by atoms with Crippen molar-refractivity contribution < 1.29 is 9.53 Å². The lowest BCUT2D eigenvalue weighted by Crippen LogP contribution is -2.31. The average molecular weight is 372 g/mol. The molecule has 0 atom stereocenters. The number of nitrogens with zero attached hydrogens (tertiary/aromatic N) is 3. The highest BCUT2D eigenvalue weighted by Gasteiger charge is 2.06. The summed E-state index contributed by atoms with van der Waals surface area (Å²) in [5, 5.41) is 7.29. The third-order valence-electron chi connectivity index (χ3n) is 3.98. The fourth-order valence-corrected chi connectivity index (χ4v) is 2.55. The van der Waals surface area contributed by atoms with E-state index in [0.29, 0.717) is 38.2 Å². The second-order valence-electron chi connectivity index (χ2n) is 6.49. The van der Waals surface area contributed by atoms with Crippen LogP contribution in [0.5, 0.6) is 5.75 Å². The van der Waals surface area contributed by atoms with Gasteiger partial charge in [0.15, 0.2) is 0 Å². The van der Waals surface area contributed by atoms with Gasteiger partial charge in [0.1, 0.15) is 5.75 Å². The van der Waals surface area contributed by atoms with Crippen LogP contribution in [0, 0.1) is 0 Å². The lowest BCUT2D eigenvalue weighted by atomic mass is 10.1. The predicted molar refractivity (Wildman–Crippen MR) is 106 cm³/mol.